The van der Waals surface area contributed by atoms with Crippen LogP contribution in [-0.2, 0) is 4.74 Å². The number of hydrogen-bond acceptors (Lipinski definition) is 3. The molecular formula is C9H15NOS. The van der Waals surface area contributed by atoms with Crippen LogP contribution in [0.4, 0.5) is 0 Å². The monoisotopic (exact) mass is 185 g/mol. The fraction of sp³-hybridized carbons (Fsp3) is 0.667. The van der Waals surface area contributed by atoms with Gasteiger partial charge in [-0.05, 0) is 20.3 Å². The first kappa shape index (κ1) is 9.68. The number of aromatic nitrogens is 1. The molecule has 1 unspecified atom stereocenters. The molecule has 0 saturated carbocycles. The maximum absolute atomic E-state index is 5.54. The predicted molar refractivity (Wildman–Crippen MR) is 51.5 cm³/mol. The molecule has 0 spiro atoms. The zero-order valence-corrected chi connectivity index (χ0v) is 8.65. The molecule has 0 saturated heterocycles. The van der Waals surface area contributed by atoms with Gasteiger partial charge in [0, 0.05) is 17.7 Å². The molecule has 0 aliphatic heterocycles. The molecule has 0 fully saturated rings. The Morgan fingerprint density at radius 3 is 2.75 bits per heavy atom. The minimum atomic E-state index is 0.202. The predicted octanol–water partition coefficient (Wildman–Crippen LogP) is 2.94. The molecule has 68 valence electrons. The van der Waals surface area contributed by atoms with E-state index in [1.54, 1.807) is 11.3 Å². The maximum atomic E-state index is 5.54. The van der Waals surface area contributed by atoms with Crippen LogP contribution in [0.15, 0.2) is 5.38 Å². The standard InChI is InChI=1S/C9H15NOS/c1-4-8(11-5-2)9-10-7(3)6-12-9/h6,8H,4-5H2,1-3H3. The summed E-state index contributed by atoms with van der Waals surface area (Å²) in [6.45, 7) is 6.91. The van der Waals surface area contributed by atoms with E-state index in [4.69, 9.17) is 4.74 Å². The van der Waals surface area contributed by atoms with Gasteiger partial charge in [-0.1, -0.05) is 6.92 Å². The Morgan fingerprint density at radius 1 is 1.58 bits per heavy atom. The van der Waals surface area contributed by atoms with Crippen molar-refractivity contribution in [2.24, 2.45) is 0 Å². The van der Waals surface area contributed by atoms with E-state index in [2.05, 4.69) is 17.3 Å². The zero-order valence-electron chi connectivity index (χ0n) is 7.83. The van der Waals surface area contributed by atoms with Crippen LogP contribution in [0, 0.1) is 6.92 Å². The summed E-state index contributed by atoms with van der Waals surface area (Å²) < 4.78 is 5.54. The van der Waals surface area contributed by atoms with Crippen LogP contribution in [0.2, 0.25) is 0 Å². The summed E-state index contributed by atoms with van der Waals surface area (Å²) in [6.07, 6.45) is 1.20. The van der Waals surface area contributed by atoms with Crippen molar-refractivity contribution in [3.63, 3.8) is 0 Å². The Kier molecular flexibility index (Phi) is 3.69. The van der Waals surface area contributed by atoms with Crippen molar-refractivity contribution in [3.8, 4) is 0 Å². The lowest BCUT2D eigenvalue weighted by Crippen LogP contribution is -2.02. The third-order valence-corrected chi connectivity index (χ3v) is 2.71. The van der Waals surface area contributed by atoms with E-state index >= 15 is 0 Å². The van der Waals surface area contributed by atoms with Gasteiger partial charge in [-0.2, -0.15) is 0 Å². The van der Waals surface area contributed by atoms with Gasteiger partial charge in [0.05, 0.1) is 0 Å². The normalized spacial score (nSPS) is 13.2. The summed E-state index contributed by atoms with van der Waals surface area (Å²) in [5.74, 6) is 0. The van der Waals surface area contributed by atoms with Crippen molar-refractivity contribution in [3.05, 3.63) is 16.1 Å². The number of nitrogens with zero attached hydrogens (tertiary/aromatic N) is 1. The number of hydrogen-bond donors (Lipinski definition) is 0. The Labute approximate surface area is 77.6 Å². The van der Waals surface area contributed by atoms with Crippen molar-refractivity contribution in [2.45, 2.75) is 33.3 Å². The van der Waals surface area contributed by atoms with Crippen molar-refractivity contribution >= 4 is 11.3 Å². The molecule has 0 N–H and O–H groups in total. The first-order chi connectivity index (χ1) is 5.77. The first-order valence-corrected chi connectivity index (χ1v) is 5.19. The molecule has 1 aromatic heterocycles. The number of thiazole rings is 1. The molecule has 0 amide bonds. The van der Waals surface area contributed by atoms with E-state index in [1.165, 1.54) is 0 Å². The third kappa shape index (κ3) is 2.29. The Balaban J connectivity index is 2.66. The highest BCUT2D eigenvalue weighted by atomic mass is 32.1. The van der Waals surface area contributed by atoms with Gasteiger partial charge in [-0.25, -0.2) is 4.98 Å². The van der Waals surface area contributed by atoms with E-state index < -0.39 is 0 Å². The highest BCUT2D eigenvalue weighted by molar-refractivity contribution is 7.09. The lowest BCUT2D eigenvalue weighted by molar-refractivity contribution is 0.0596. The highest BCUT2D eigenvalue weighted by Gasteiger charge is 2.11. The van der Waals surface area contributed by atoms with Gasteiger partial charge in [-0.3, -0.25) is 0 Å². The second kappa shape index (κ2) is 4.58. The van der Waals surface area contributed by atoms with Gasteiger partial charge in [0.2, 0.25) is 0 Å². The van der Waals surface area contributed by atoms with Crippen molar-refractivity contribution in [1.29, 1.82) is 0 Å². The van der Waals surface area contributed by atoms with E-state index in [9.17, 15) is 0 Å². The number of rotatable bonds is 4. The molecule has 2 nitrogen and oxygen atoms in total. The minimum Gasteiger partial charge on any atom is -0.371 e. The van der Waals surface area contributed by atoms with Crippen LogP contribution in [0.1, 0.15) is 37.1 Å². The topological polar surface area (TPSA) is 22.1 Å². The maximum Gasteiger partial charge on any atom is 0.122 e. The first-order valence-electron chi connectivity index (χ1n) is 4.31. The summed E-state index contributed by atoms with van der Waals surface area (Å²) >= 11 is 1.69. The van der Waals surface area contributed by atoms with E-state index in [1.807, 2.05) is 13.8 Å². The molecule has 1 rings (SSSR count). The summed E-state index contributed by atoms with van der Waals surface area (Å²) in [5.41, 5.74) is 1.09. The van der Waals surface area contributed by atoms with Crippen molar-refractivity contribution in [2.75, 3.05) is 6.61 Å². The van der Waals surface area contributed by atoms with Crippen LogP contribution in [0.25, 0.3) is 0 Å². The van der Waals surface area contributed by atoms with Gasteiger partial charge < -0.3 is 4.74 Å². The largest absolute Gasteiger partial charge is 0.371 e. The summed E-state index contributed by atoms with van der Waals surface area (Å²) in [5, 5.41) is 3.17. The minimum absolute atomic E-state index is 0.202. The van der Waals surface area contributed by atoms with E-state index in [0.717, 1.165) is 23.7 Å². The molecule has 0 bridgehead atoms. The van der Waals surface area contributed by atoms with Gasteiger partial charge in [0.25, 0.3) is 0 Å². The molecular weight excluding hydrogens is 170 g/mol. The van der Waals surface area contributed by atoms with Crippen molar-refractivity contribution < 1.29 is 4.74 Å². The number of aryl methyl sites for hydroxylation is 1. The molecule has 0 aliphatic rings. The third-order valence-electron chi connectivity index (χ3n) is 1.65. The molecule has 0 aliphatic carbocycles. The molecule has 12 heavy (non-hydrogen) atoms. The Hall–Kier alpha value is -0.410. The van der Waals surface area contributed by atoms with Crippen LogP contribution < -0.4 is 0 Å². The second-order valence-electron chi connectivity index (χ2n) is 2.68. The fourth-order valence-electron chi connectivity index (χ4n) is 1.08. The van der Waals surface area contributed by atoms with Crippen molar-refractivity contribution in [1.82, 2.24) is 4.98 Å². The van der Waals surface area contributed by atoms with Gasteiger partial charge in [-0.15, -0.1) is 11.3 Å². The summed E-state index contributed by atoms with van der Waals surface area (Å²) in [4.78, 5) is 4.39. The lowest BCUT2D eigenvalue weighted by atomic mass is 10.3. The SMILES string of the molecule is CCOC(CC)c1nc(C)cs1. The van der Waals surface area contributed by atoms with Gasteiger partial charge in [0.15, 0.2) is 0 Å². The van der Waals surface area contributed by atoms with E-state index in [-0.39, 0.29) is 6.10 Å². The average Bonchev–Trinajstić information content (AvgIpc) is 2.47. The Morgan fingerprint density at radius 2 is 2.33 bits per heavy atom. The molecule has 3 heteroatoms. The molecule has 1 heterocycles. The quantitative estimate of drug-likeness (QED) is 0.719. The summed E-state index contributed by atoms with van der Waals surface area (Å²) in [7, 11) is 0. The highest BCUT2D eigenvalue weighted by Crippen LogP contribution is 2.23. The fourth-order valence-corrected chi connectivity index (χ4v) is 2.01. The molecule has 1 aromatic rings. The van der Waals surface area contributed by atoms with Crippen LogP contribution in [0.3, 0.4) is 0 Å². The lowest BCUT2D eigenvalue weighted by Gasteiger charge is -2.10. The zero-order chi connectivity index (χ0) is 8.97. The second-order valence-corrected chi connectivity index (χ2v) is 3.57. The van der Waals surface area contributed by atoms with Crippen LogP contribution in [0.5, 0.6) is 0 Å². The molecule has 0 radical (unpaired) electrons. The Bertz CT molecular complexity index is 234. The molecule has 1 atom stereocenters. The smallest absolute Gasteiger partial charge is 0.122 e. The van der Waals surface area contributed by atoms with Gasteiger partial charge in [0.1, 0.15) is 11.1 Å². The van der Waals surface area contributed by atoms with E-state index in [0.29, 0.717) is 0 Å². The van der Waals surface area contributed by atoms with Gasteiger partial charge >= 0.3 is 0 Å². The summed E-state index contributed by atoms with van der Waals surface area (Å²) in [6, 6.07) is 0. The van der Waals surface area contributed by atoms with Crippen LogP contribution >= 0.6 is 11.3 Å². The number of ether oxygens (including phenoxy) is 1. The molecule has 0 aromatic carbocycles. The average molecular weight is 185 g/mol. The van der Waals surface area contributed by atoms with Crippen LogP contribution in [-0.4, -0.2) is 11.6 Å².